The summed E-state index contributed by atoms with van der Waals surface area (Å²) in [5, 5.41) is 0. The first-order valence-corrected chi connectivity index (χ1v) is 6.38. The third-order valence-electron chi connectivity index (χ3n) is 3.75. The molecule has 4 heteroatoms. The van der Waals surface area contributed by atoms with Crippen LogP contribution in [0.1, 0.15) is 12.0 Å². The quantitative estimate of drug-likeness (QED) is 0.800. The van der Waals surface area contributed by atoms with Crippen molar-refractivity contribution < 1.29 is 13.9 Å². The van der Waals surface area contributed by atoms with Gasteiger partial charge in [0.1, 0.15) is 11.6 Å². The van der Waals surface area contributed by atoms with E-state index in [2.05, 4.69) is 4.90 Å². The molecule has 96 valence electrons. The molecular formula is C14H16FNO2. The smallest absolute Gasteiger partial charge is 0.142 e. The molecule has 2 heterocycles. The molecule has 1 fully saturated rings. The van der Waals surface area contributed by atoms with Crippen LogP contribution in [0.2, 0.25) is 0 Å². The van der Waals surface area contributed by atoms with Gasteiger partial charge in [0.15, 0.2) is 0 Å². The summed E-state index contributed by atoms with van der Waals surface area (Å²) in [5.41, 5.74) is 2.11. The highest BCUT2D eigenvalue weighted by molar-refractivity contribution is 5.82. The number of hydrogen-bond donors (Lipinski definition) is 0. The average molecular weight is 249 g/mol. The molecule has 0 aromatic heterocycles. The van der Waals surface area contributed by atoms with Crippen LogP contribution in [0.15, 0.2) is 18.2 Å². The Balaban J connectivity index is 1.76. The van der Waals surface area contributed by atoms with E-state index >= 15 is 0 Å². The number of ketones is 1. The van der Waals surface area contributed by atoms with Crippen molar-refractivity contribution in [2.24, 2.45) is 5.92 Å². The number of carbonyl (C=O) groups is 1. The zero-order chi connectivity index (χ0) is 12.5. The van der Waals surface area contributed by atoms with Crippen LogP contribution in [0.4, 0.5) is 10.1 Å². The minimum Gasteiger partial charge on any atom is -0.380 e. The monoisotopic (exact) mass is 249 g/mol. The van der Waals surface area contributed by atoms with Crippen molar-refractivity contribution >= 4 is 11.5 Å². The Morgan fingerprint density at radius 2 is 2.28 bits per heavy atom. The number of nitrogens with zero attached hydrogens (tertiary/aromatic N) is 1. The Labute approximate surface area is 106 Å². The van der Waals surface area contributed by atoms with Crippen molar-refractivity contribution in [3.05, 3.63) is 29.6 Å². The fraction of sp³-hybridized carbons (Fsp3) is 0.500. The maximum Gasteiger partial charge on any atom is 0.142 e. The van der Waals surface area contributed by atoms with Crippen LogP contribution in [0.5, 0.6) is 0 Å². The van der Waals surface area contributed by atoms with Crippen molar-refractivity contribution in [3.8, 4) is 0 Å². The van der Waals surface area contributed by atoms with E-state index in [-0.39, 0.29) is 17.5 Å². The van der Waals surface area contributed by atoms with E-state index in [4.69, 9.17) is 4.74 Å². The second kappa shape index (κ2) is 4.69. The molecule has 0 aliphatic carbocycles. The number of carbonyl (C=O) groups excluding carboxylic acids is 1. The number of anilines is 1. The Kier molecular flexibility index (Phi) is 3.04. The molecule has 1 atom stereocenters. The third kappa shape index (κ3) is 2.12. The summed E-state index contributed by atoms with van der Waals surface area (Å²) >= 11 is 0. The van der Waals surface area contributed by atoms with Crippen LogP contribution in [-0.2, 0) is 16.0 Å². The van der Waals surface area contributed by atoms with Gasteiger partial charge >= 0.3 is 0 Å². The van der Waals surface area contributed by atoms with Crippen molar-refractivity contribution in [1.82, 2.24) is 0 Å². The summed E-state index contributed by atoms with van der Waals surface area (Å²) in [6.07, 6.45) is 1.44. The second-order valence-corrected chi connectivity index (χ2v) is 4.96. The highest BCUT2D eigenvalue weighted by Gasteiger charge is 2.28. The zero-order valence-electron chi connectivity index (χ0n) is 10.2. The Morgan fingerprint density at radius 1 is 1.39 bits per heavy atom. The Morgan fingerprint density at radius 3 is 3.11 bits per heavy atom. The van der Waals surface area contributed by atoms with E-state index < -0.39 is 0 Å². The molecule has 0 radical (unpaired) electrons. The fourth-order valence-corrected chi connectivity index (χ4v) is 2.72. The molecule has 0 bridgehead atoms. The van der Waals surface area contributed by atoms with E-state index in [1.54, 1.807) is 6.07 Å². The average Bonchev–Trinajstić information content (AvgIpc) is 2.75. The fourth-order valence-electron chi connectivity index (χ4n) is 2.72. The molecule has 0 spiro atoms. The number of ether oxygens (including phenoxy) is 1. The van der Waals surface area contributed by atoms with Crippen LogP contribution in [-0.4, -0.2) is 32.1 Å². The summed E-state index contributed by atoms with van der Waals surface area (Å²) in [6, 6.07) is 4.90. The minimum atomic E-state index is -0.216. The first-order chi connectivity index (χ1) is 8.74. The van der Waals surface area contributed by atoms with E-state index in [1.807, 2.05) is 6.07 Å². The molecule has 3 rings (SSSR count). The van der Waals surface area contributed by atoms with E-state index in [0.717, 1.165) is 18.7 Å². The summed E-state index contributed by atoms with van der Waals surface area (Å²) < 4.78 is 18.6. The topological polar surface area (TPSA) is 29.5 Å². The number of halogens is 1. The van der Waals surface area contributed by atoms with Gasteiger partial charge in [-0.15, -0.1) is 0 Å². The maximum atomic E-state index is 13.3. The molecule has 18 heavy (non-hydrogen) atoms. The van der Waals surface area contributed by atoms with E-state index in [0.29, 0.717) is 26.2 Å². The highest BCUT2D eigenvalue weighted by atomic mass is 19.1. The van der Waals surface area contributed by atoms with Crippen molar-refractivity contribution in [2.75, 3.05) is 31.2 Å². The lowest BCUT2D eigenvalue weighted by atomic mass is 10.00. The lowest BCUT2D eigenvalue weighted by molar-refractivity contribution is -0.129. The van der Waals surface area contributed by atoms with Gasteiger partial charge < -0.3 is 9.64 Å². The van der Waals surface area contributed by atoms with Gasteiger partial charge in [0, 0.05) is 25.2 Å². The van der Waals surface area contributed by atoms with Crippen LogP contribution in [0.25, 0.3) is 0 Å². The largest absolute Gasteiger partial charge is 0.380 e. The van der Waals surface area contributed by atoms with Gasteiger partial charge in [-0.3, -0.25) is 4.79 Å². The molecule has 1 aromatic carbocycles. The number of rotatable bonds is 2. The maximum absolute atomic E-state index is 13.3. The van der Waals surface area contributed by atoms with Gasteiger partial charge in [-0.05, 0) is 24.1 Å². The van der Waals surface area contributed by atoms with Gasteiger partial charge in [-0.25, -0.2) is 4.39 Å². The van der Waals surface area contributed by atoms with Gasteiger partial charge in [0.2, 0.25) is 0 Å². The zero-order valence-corrected chi connectivity index (χ0v) is 10.2. The molecule has 0 N–H and O–H groups in total. The van der Waals surface area contributed by atoms with Crippen molar-refractivity contribution in [1.29, 1.82) is 0 Å². The summed E-state index contributed by atoms with van der Waals surface area (Å²) in [7, 11) is 0. The van der Waals surface area contributed by atoms with Gasteiger partial charge in [0.25, 0.3) is 0 Å². The van der Waals surface area contributed by atoms with Gasteiger partial charge in [-0.1, -0.05) is 6.07 Å². The summed E-state index contributed by atoms with van der Waals surface area (Å²) in [4.78, 5) is 13.9. The molecule has 3 nitrogen and oxygen atoms in total. The summed E-state index contributed by atoms with van der Waals surface area (Å²) in [5.74, 6) is -0.00839. The number of Topliss-reactive ketones (excluding diaryl/α,β-unsaturated/α-hetero) is 1. The molecule has 0 saturated carbocycles. The Hall–Kier alpha value is -1.42. The molecular weight excluding hydrogens is 233 g/mol. The van der Waals surface area contributed by atoms with Crippen molar-refractivity contribution in [3.63, 3.8) is 0 Å². The molecule has 1 saturated heterocycles. The van der Waals surface area contributed by atoms with Crippen LogP contribution in [0.3, 0.4) is 0 Å². The van der Waals surface area contributed by atoms with Crippen LogP contribution >= 0.6 is 0 Å². The summed E-state index contributed by atoms with van der Waals surface area (Å²) in [6.45, 7) is 2.55. The predicted molar refractivity (Wildman–Crippen MR) is 66.3 cm³/mol. The number of hydrogen-bond acceptors (Lipinski definition) is 3. The van der Waals surface area contributed by atoms with E-state index in [1.165, 1.54) is 11.6 Å². The lowest BCUT2D eigenvalue weighted by Gasteiger charge is -2.27. The molecule has 1 unspecified atom stereocenters. The van der Waals surface area contributed by atoms with Crippen LogP contribution in [0, 0.1) is 11.7 Å². The molecule has 2 aliphatic rings. The minimum absolute atomic E-state index is 0.0621. The first kappa shape index (κ1) is 11.7. The number of benzene rings is 1. The first-order valence-electron chi connectivity index (χ1n) is 6.38. The second-order valence-electron chi connectivity index (χ2n) is 4.96. The van der Waals surface area contributed by atoms with Gasteiger partial charge in [-0.2, -0.15) is 0 Å². The third-order valence-corrected chi connectivity index (χ3v) is 3.75. The standard InChI is InChI=1S/C14H16FNO2/c15-12-2-1-10-3-5-16(13(10)7-12)8-11-9-18-6-4-14(11)17/h1-2,7,11H,3-6,8-9H2. The predicted octanol–water partition coefficient (Wildman–Crippen LogP) is 1.79. The Bertz CT molecular complexity index is 475. The SMILES string of the molecule is O=C1CCOCC1CN1CCc2ccc(F)cc21. The van der Waals surface area contributed by atoms with Gasteiger partial charge in [0.05, 0.1) is 19.1 Å². The lowest BCUT2D eigenvalue weighted by Crippen LogP contribution is -2.38. The van der Waals surface area contributed by atoms with E-state index in [9.17, 15) is 9.18 Å². The molecule has 1 aromatic rings. The normalized spacial score (nSPS) is 23.3. The highest BCUT2D eigenvalue weighted by Crippen LogP contribution is 2.29. The molecule has 0 amide bonds. The molecule has 2 aliphatic heterocycles. The number of fused-ring (bicyclic) bond motifs is 1. The van der Waals surface area contributed by atoms with Crippen molar-refractivity contribution in [2.45, 2.75) is 12.8 Å². The van der Waals surface area contributed by atoms with Crippen LogP contribution < -0.4 is 4.90 Å².